The lowest BCUT2D eigenvalue weighted by molar-refractivity contribution is -0.106. The predicted molar refractivity (Wildman–Crippen MR) is 118 cm³/mol. The summed E-state index contributed by atoms with van der Waals surface area (Å²) in [7, 11) is -1.47. The first-order chi connectivity index (χ1) is 11.9. The van der Waals surface area contributed by atoms with Crippen LogP contribution in [0.2, 0.25) is 0 Å². The molecule has 2 saturated heterocycles. The standard InChI is InChI=1S/C16H30N4O3S2.HI/c1-16(2)13(12-4-8-23-14(12)16)19-15(17-3)18-5-11-25(21,22)20-6-9-24-10-7-20;/h12-14H,4-11H2,1-3H3,(H2,17,18,19);1H. The van der Waals surface area contributed by atoms with Crippen LogP contribution in [0.3, 0.4) is 0 Å². The molecule has 3 fully saturated rings. The minimum Gasteiger partial charge on any atom is -0.377 e. The van der Waals surface area contributed by atoms with Crippen LogP contribution >= 0.6 is 35.7 Å². The van der Waals surface area contributed by atoms with Crippen molar-refractivity contribution in [3.05, 3.63) is 0 Å². The maximum Gasteiger partial charge on any atom is 0.215 e. The maximum absolute atomic E-state index is 12.4. The maximum atomic E-state index is 12.4. The Balaban J connectivity index is 0.00000243. The highest BCUT2D eigenvalue weighted by atomic mass is 127. The van der Waals surface area contributed by atoms with Gasteiger partial charge in [0.25, 0.3) is 0 Å². The monoisotopic (exact) mass is 518 g/mol. The summed E-state index contributed by atoms with van der Waals surface area (Å²) in [6, 6.07) is 0.307. The van der Waals surface area contributed by atoms with Crippen molar-refractivity contribution in [2.75, 3.05) is 50.5 Å². The summed E-state index contributed by atoms with van der Waals surface area (Å²) in [6.07, 6.45) is 1.39. The van der Waals surface area contributed by atoms with Crippen LogP contribution in [0.25, 0.3) is 0 Å². The van der Waals surface area contributed by atoms with Crippen molar-refractivity contribution in [2.45, 2.75) is 32.4 Å². The Kier molecular flexibility index (Phi) is 7.92. The van der Waals surface area contributed by atoms with E-state index < -0.39 is 10.0 Å². The van der Waals surface area contributed by atoms with E-state index in [1.54, 1.807) is 11.4 Å². The van der Waals surface area contributed by atoms with Crippen LogP contribution < -0.4 is 10.6 Å². The number of hydrogen-bond acceptors (Lipinski definition) is 5. The molecule has 1 aliphatic carbocycles. The lowest BCUT2D eigenvalue weighted by Crippen LogP contribution is -2.68. The van der Waals surface area contributed by atoms with E-state index in [1.165, 1.54) is 0 Å². The summed E-state index contributed by atoms with van der Waals surface area (Å²) >= 11 is 1.81. The molecular weight excluding hydrogens is 487 g/mol. The van der Waals surface area contributed by atoms with Gasteiger partial charge >= 0.3 is 0 Å². The first-order valence-electron chi connectivity index (χ1n) is 9.00. The van der Waals surface area contributed by atoms with E-state index in [0.29, 0.717) is 43.7 Å². The minimum absolute atomic E-state index is 0. The molecule has 26 heavy (non-hydrogen) atoms. The number of rotatable bonds is 5. The number of guanidine groups is 1. The fourth-order valence-electron chi connectivity index (χ4n) is 4.21. The molecule has 0 bridgehead atoms. The number of aliphatic imine (C=N–C) groups is 1. The van der Waals surface area contributed by atoms with E-state index in [2.05, 4.69) is 29.5 Å². The molecular formula is C16H31IN4O3S2. The molecule has 0 aromatic rings. The number of sulfonamides is 1. The lowest BCUT2D eigenvalue weighted by Gasteiger charge is -2.54. The van der Waals surface area contributed by atoms with Gasteiger partial charge in [-0.05, 0) is 6.42 Å². The number of thioether (sulfide) groups is 1. The van der Waals surface area contributed by atoms with Gasteiger partial charge in [0.2, 0.25) is 10.0 Å². The van der Waals surface area contributed by atoms with Gasteiger partial charge in [-0.3, -0.25) is 4.99 Å². The third-order valence-electron chi connectivity index (χ3n) is 5.63. The molecule has 3 rings (SSSR count). The lowest BCUT2D eigenvalue weighted by atomic mass is 9.57. The molecule has 3 atom stereocenters. The van der Waals surface area contributed by atoms with E-state index in [4.69, 9.17) is 4.74 Å². The fraction of sp³-hybridized carbons (Fsp3) is 0.938. The van der Waals surface area contributed by atoms with Crippen LogP contribution in [0, 0.1) is 11.3 Å². The zero-order valence-electron chi connectivity index (χ0n) is 15.7. The second-order valence-electron chi connectivity index (χ2n) is 7.51. The minimum atomic E-state index is -3.19. The zero-order valence-corrected chi connectivity index (χ0v) is 19.7. The average Bonchev–Trinajstić information content (AvgIpc) is 3.05. The number of halogens is 1. The SMILES string of the molecule is CN=C(NCCS(=O)(=O)N1CCSCC1)NC1C2CCOC2C1(C)C.I. The Labute approximate surface area is 178 Å². The second-order valence-corrected chi connectivity index (χ2v) is 10.8. The van der Waals surface area contributed by atoms with Crippen molar-refractivity contribution in [1.29, 1.82) is 0 Å². The molecule has 1 saturated carbocycles. The Bertz CT molecular complexity index is 609. The Morgan fingerprint density at radius 2 is 2.04 bits per heavy atom. The largest absolute Gasteiger partial charge is 0.377 e. The van der Waals surface area contributed by atoms with E-state index >= 15 is 0 Å². The number of hydrogen-bond donors (Lipinski definition) is 2. The van der Waals surface area contributed by atoms with E-state index in [-0.39, 0.29) is 35.1 Å². The smallest absolute Gasteiger partial charge is 0.215 e. The van der Waals surface area contributed by atoms with Crippen molar-refractivity contribution in [2.24, 2.45) is 16.3 Å². The van der Waals surface area contributed by atoms with Gasteiger partial charge in [-0.15, -0.1) is 24.0 Å². The van der Waals surface area contributed by atoms with Crippen molar-refractivity contribution in [3.63, 3.8) is 0 Å². The Morgan fingerprint density at radius 3 is 2.69 bits per heavy atom. The first kappa shape index (κ1) is 22.5. The quantitative estimate of drug-likeness (QED) is 0.321. The summed E-state index contributed by atoms with van der Waals surface area (Å²) < 4.78 is 32.2. The summed E-state index contributed by atoms with van der Waals surface area (Å²) in [5.74, 6) is 3.06. The third kappa shape index (κ3) is 4.61. The molecule has 2 aliphatic heterocycles. The number of fused-ring (bicyclic) bond motifs is 1. The molecule has 0 radical (unpaired) electrons. The van der Waals surface area contributed by atoms with Crippen molar-refractivity contribution in [1.82, 2.24) is 14.9 Å². The Hall–Kier alpha value is 0.220. The van der Waals surface area contributed by atoms with Crippen LogP contribution in [0.15, 0.2) is 4.99 Å². The van der Waals surface area contributed by atoms with E-state index in [9.17, 15) is 8.42 Å². The first-order valence-corrected chi connectivity index (χ1v) is 11.8. The van der Waals surface area contributed by atoms with Crippen LogP contribution in [-0.4, -0.2) is 81.4 Å². The highest BCUT2D eigenvalue weighted by Crippen LogP contribution is 2.52. The van der Waals surface area contributed by atoms with Crippen molar-refractivity contribution >= 4 is 51.7 Å². The van der Waals surface area contributed by atoms with Crippen LogP contribution in [-0.2, 0) is 14.8 Å². The third-order valence-corrected chi connectivity index (χ3v) is 8.45. The second kappa shape index (κ2) is 9.15. The molecule has 10 heteroatoms. The molecule has 3 aliphatic rings. The van der Waals surface area contributed by atoms with E-state index in [1.807, 2.05) is 11.8 Å². The number of nitrogens with one attached hydrogen (secondary N) is 2. The van der Waals surface area contributed by atoms with Gasteiger partial charge in [-0.2, -0.15) is 11.8 Å². The molecule has 7 nitrogen and oxygen atoms in total. The van der Waals surface area contributed by atoms with Crippen molar-refractivity contribution in [3.8, 4) is 0 Å². The number of nitrogens with zero attached hydrogens (tertiary/aromatic N) is 2. The van der Waals surface area contributed by atoms with Gasteiger partial charge in [-0.1, -0.05) is 13.8 Å². The average molecular weight is 518 g/mol. The van der Waals surface area contributed by atoms with Gasteiger partial charge in [-0.25, -0.2) is 12.7 Å². The summed E-state index contributed by atoms with van der Waals surface area (Å²) in [6.45, 7) is 6.86. The van der Waals surface area contributed by atoms with Crippen LogP contribution in [0.1, 0.15) is 20.3 Å². The normalized spacial score (nSPS) is 31.5. The van der Waals surface area contributed by atoms with Gasteiger partial charge < -0.3 is 15.4 Å². The molecule has 0 amide bonds. The van der Waals surface area contributed by atoms with Gasteiger partial charge in [0, 0.05) is 62.2 Å². The molecule has 2 heterocycles. The topological polar surface area (TPSA) is 83.0 Å². The van der Waals surface area contributed by atoms with Gasteiger partial charge in [0.15, 0.2) is 5.96 Å². The molecule has 0 spiro atoms. The van der Waals surface area contributed by atoms with Crippen LogP contribution in [0.4, 0.5) is 0 Å². The highest BCUT2D eigenvalue weighted by molar-refractivity contribution is 14.0. The predicted octanol–water partition coefficient (Wildman–Crippen LogP) is 0.962. The van der Waals surface area contributed by atoms with Crippen molar-refractivity contribution < 1.29 is 13.2 Å². The molecule has 0 aromatic heterocycles. The fourth-order valence-corrected chi connectivity index (χ4v) is 6.70. The summed E-state index contributed by atoms with van der Waals surface area (Å²) in [5, 5.41) is 6.65. The van der Waals surface area contributed by atoms with Crippen LogP contribution in [0.5, 0.6) is 0 Å². The van der Waals surface area contributed by atoms with Gasteiger partial charge in [0.05, 0.1) is 11.9 Å². The molecule has 0 aromatic carbocycles. The zero-order chi connectivity index (χ0) is 18.1. The highest BCUT2D eigenvalue weighted by Gasteiger charge is 2.59. The molecule has 2 N–H and O–H groups in total. The summed E-state index contributed by atoms with van der Waals surface area (Å²) in [4.78, 5) is 4.26. The molecule has 152 valence electrons. The Morgan fingerprint density at radius 1 is 1.35 bits per heavy atom. The molecule has 3 unspecified atom stereocenters. The summed E-state index contributed by atoms with van der Waals surface area (Å²) in [5.41, 5.74) is 0.0658. The van der Waals surface area contributed by atoms with Gasteiger partial charge in [0.1, 0.15) is 0 Å². The van der Waals surface area contributed by atoms with E-state index in [0.717, 1.165) is 24.5 Å². The number of ether oxygens (including phenoxy) is 1.